The highest BCUT2D eigenvalue weighted by Crippen LogP contribution is 2.23. The molecule has 1 aromatic heterocycles. The number of fused-ring (bicyclic) bond motifs is 2. The van der Waals surface area contributed by atoms with Crippen LogP contribution in [0.1, 0.15) is 33.6 Å². The fourth-order valence-electron chi connectivity index (χ4n) is 3.33. The second-order valence-corrected chi connectivity index (χ2v) is 6.08. The van der Waals surface area contributed by atoms with E-state index in [9.17, 15) is 9.59 Å². The first kappa shape index (κ1) is 14.7. The fourth-order valence-corrected chi connectivity index (χ4v) is 3.33. The Morgan fingerprint density at radius 1 is 0.708 bits per heavy atom. The maximum Gasteiger partial charge on any atom is 0.261 e. The number of aromatic nitrogens is 1. The van der Waals surface area contributed by atoms with E-state index in [4.69, 9.17) is 0 Å². The molecule has 1 aliphatic heterocycles. The Hall–Kier alpha value is -2.88. The molecule has 0 saturated carbocycles. The molecular weight excluding hydrogens is 300 g/mol. The molecule has 0 N–H and O–H groups in total. The summed E-state index contributed by atoms with van der Waals surface area (Å²) in [6, 6.07) is 17.4. The molecule has 2 amide bonds. The van der Waals surface area contributed by atoms with Gasteiger partial charge in [0, 0.05) is 24.8 Å². The van der Waals surface area contributed by atoms with Gasteiger partial charge in [0.2, 0.25) is 0 Å². The minimum Gasteiger partial charge on any atom is -0.347 e. The molecule has 0 saturated heterocycles. The van der Waals surface area contributed by atoms with Crippen molar-refractivity contribution in [3.63, 3.8) is 0 Å². The first-order valence-electron chi connectivity index (χ1n) is 8.25. The smallest absolute Gasteiger partial charge is 0.261 e. The average molecular weight is 318 g/mol. The number of amides is 2. The lowest BCUT2D eigenvalue weighted by Gasteiger charge is -2.13. The van der Waals surface area contributed by atoms with Gasteiger partial charge in [-0.25, -0.2) is 0 Å². The molecule has 4 nitrogen and oxygen atoms in total. The molecule has 0 fully saturated rings. The molecule has 24 heavy (non-hydrogen) atoms. The van der Waals surface area contributed by atoms with Crippen molar-refractivity contribution in [1.82, 2.24) is 9.47 Å². The number of aryl methyl sites for hydroxylation is 1. The lowest BCUT2D eigenvalue weighted by Crippen LogP contribution is -2.30. The van der Waals surface area contributed by atoms with Crippen LogP contribution in [-0.4, -0.2) is 27.8 Å². The predicted octanol–water partition coefficient (Wildman–Crippen LogP) is 3.72. The van der Waals surface area contributed by atoms with Crippen LogP contribution < -0.4 is 0 Å². The van der Waals surface area contributed by atoms with Crippen LogP contribution in [0.3, 0.4) is 0 Å². The molecule has 0 unspecified atom stereocenters. The third-order valence-electron chi connectivity index (χ3n) is 4.59. The number of rotatable bonds is 5. The van der Waals surface area contributed by atoms with Crippen LogP contribution in [0.5, 0.6) is 0 Å². The Balaban J connectivity index is 1.37. The third kappa shape index (κ3) is 2.40. The molecule has 4 heteroatoms. The number of imide groups is 1. The van der Waals surface area contributed by atoms with Crippen molar-refractivity contribution in [3.8, 4) is 0 Å². The van der Waals surface area contributed by atoms with Crippen molar-refractivity contribution in [2.75, 3.05) is 6.54 Å². The summed E-state index contributed by atoms with van der Waals surface area (Å²) < 4.78 is 2.22. The van der Waals surface area contributed by atoms with E-state index in [0.717, 1.165) is 19.4 Å². The summed E-state index contributed by atoms with van der Waals surface area (Å²) in [5, 5.41) is 1.23. The monoisotopic (exact) mass is 318 g/mol. The summed E-state index contributed by atoms with van der Waals surface area (Å²) in [5.41, 5.74) is 2.27. The lowest BCUT2D eigenvalue weighted by molar-refractivity contribution is 0.0651. The largest absolute Gasteiger partial charge is 0.347 e. The number of unbranched alkanes of at least 4 members (excludes halogenated alkanes) is 1. The van der Waals surface area contributed by atoms with Gasteiger partial charge in [0.1, 0.15) is 0 Å². The van der Waals surface area contributed by atoms with Crippen molar-refractivity contribution >= 4 is 22.7 Å². The van der Waals surface area contributed by atoms with Crippen molar-refractivity contribution in [2.45, 2.75) is 19.4 Å². The van der Waals surface area contributed by atoms with Crippen LogP contribution in [0.25, 0.3) is 10.9 Å². The highest BCUT2D eigenvalue weighted by Gasteiger charge is 2.34. The van der Waals surface area contributed by atoms with Gasteiger partial charge in [-0.2, -0.15) is 0 Å². The second-order valence-electron chi connectivity index (χ2n) is 6.08. The minimum absolute atomic E-state index is 0.165. The summed E-state index contributed by atoms with van der Waals surface area (Å²) in [5.74, 6) is -0.330. The molecule has 120 valence electrons. The quantitative estimate of drug-likeness (QED) is 0.531. The molecule has 2 aromatic carbocycles. The molecule has 0 bridgehead atoms. The topological polar surface area (TPSA) is 42.3 Å². The van der Waals surface area contributed by atoms with Crippen molar-refractivity contribution < 1.29 is 9.59 Å². The molecule has 1 aliphatic rings. The Kier molecular flexibility index (Phi) is 3.65. The van der Waals surface area contributed by atoms with Crippen LogP contribution in [0.15, 0.2) is 60.8 Å². The number of carbonyl (C=O) groups is 2. The molecule has 0 atom stereocenters. The van der Waals surface area contributed by atoms with Gasteiger partial charge in [-0.3, -0.25) is 14.5 Å². The zero-order valence-electron chi connectivity index (χ0n) is 13.3. The third-order valence-corrected chi connectivity index (χ3v) is 4.59. The second kappa shape index (κ2) is 5.96. The summed E-state index contributed by atoms with van der Waals surface area (Å²) in [7, 11) is 0. The molecule has 0 aliphatic carbocycles. The van der Waals surface area contributed by atoms with Crippen LogP contribution in [-0.2, 0) is 6.54 Å². The molecular formula is C20H18N2O2. The van der Waals surface area contributed by atoms with Crippen molar-refractivity contribution in [1.29, 1.82) is 0 Å². The minimum atomic E-state index is -0.165. The fraction of sp³-hybridized carbons (Fsp3) is 0.200. The van der Waals surface area contributed by atoms with Crippen LogP contribution in [0.2, 0.25) is 0 Å². The first-order chi connectivity index (χ1) is 11.8. The molecule has 0 radical (unpaired) electrons. The highest BCUT2D eigenvalue weighted by atomic mass is 16.2. The van der Waals surface area contributed by atoms with Gasteiger partial charge in [-0.05, 0) is 42.5 Å². The van der Waals surface area contributed by atoms with E-state index in [1.807, 2.05) is 12.1 Å². The number of hydrogen-bond acceptors (Lipinski definition) is 2. The van der Waals surface area contributed by atoms with Gasteiger partial charge >= 0.3 is 0 Å². The standard InChI is InChI=1S/C20H18N2O2/c23-19-16-8-2-3-9-17(16)20(24)22(19)13-6-5-12-21-14-11-15-7-1-4-10-18(15)21/h1-4,7-11,14H,5-6,12-13H2. The van der Waals surface area contributed by atoms with Crippen LogP contribution in [0, 0.1) is 0 Å². The van der Waals surface area contributed by atoms with E-state index in [0.29, 0.717) is 17.7 Å². The zero-order valence-corrected chi connectivity index (χ0v) is 13.3. The van der Waals surface area contributed by atoms with Gasteiger partial charge in [0.25, 0.3) is 11.8 Å². The average Bonchev–Trinajstić information content (AvgIpc) is 3.13. The van der Waals surface area contributed by atoms with Gasteiger partial charge < -0.3 is 4.57 Å². The molecule has 0 spiro atoms. The Morgan fingerprint density at radius 3 is 2.08 bits per heavy atom. The highest BCUT2D eigenvalue weighted by molar-refractivity contribution is 6.21. The first-order valence-corrected chi connectivity index (χ1v) is 8.25. The van der Waals surface area contributed by atoms with Crippen molar-refractivity contribution in [2.24, 2.45) is 0 Å². The zero-order chi connectivity index (χ0) is 16.5. The van der Waals surface area contributed by atoms with E-state index < -0.39 is 0 Å². The maximum atomic E-state index is 12.3. The van der Waals surface area contributed by atoms with E-state index in [1.165, 1.54) is 15.8 Å². The Morgan fingerprint density at radius 2 is 1.33 bits per heavy atom. The number of hydrogen-bond donors (Lipinski definition) is 0. The predicted molar refractivity (Wildman–Crippen MR) is 93.0 cm³/mol. The maximum absolute atomic E-state index is 12.3. The number of benzene rings is 2. The van der Waals surface area contributed by atoms with E-state index in [1.54, 1.807) is 24.3 Å². The summed E-state index contributed by atoms with van der Waals surface area (Å²) in [4.78, 5) is 26.0. The van der Waals surface area contributed by atoms with E-state index in [2.05, 4.69) is 29.0 Å². The molecule has 4 rings (SSSR count). The van der Waals surface area contributed by atoms with E-state index in [-0.39, 0.29) is 11.8 Å². The van der Waals surface area contributed by atoms with Crippen molar-refractivity contribution in [3.05, 3.63) is 71.9 Å². The molecule has 3 aromatic rings. The summed E-state index contributed by atoms with van der Waals surface area (Å²) in [6.45, 7) is 1.36. The van der Waals surface area contributed by atoms with Gasteiger partial charge in [0.05, 0.1) is 11.1 Å². The summed E-state index contributed by atoms with van der Waals surface area (Å²) in [6.07, 6.45) is 3.82. The van der Waals surface area contributed by atoms with Gasteiger partial charge in [-0.15, -0.1) is 0 Å². The van der Waals surface area contributed by atoms with Crippen LogP contribution in [0.4, 0.5) is 0 Å². The number of nitrogens with zero attached hydrogens (tertiary/aromatic N) is 2. The lowest BCUT2D eigenvalue weighted by atomic mass is 10.1. The molecule has 2 heterocycles. The number of carbonyl (C=O) groups excluding carboxylic acids is 2. The summed E-state index contributed by atoms with van der Waals surface area (Å²) >= 11 is 0. The normalized spacial score (nSPS) is 13.8. The Labute approximate surface area is 140 Å². The van der Waals surface area contributed by atoms with Crippen LogP contribution >= 0.6 is 0 Å². The Bertz CT molecular complexity index is 891. The SMILES string of the molecule is O=C1c2ccccc2C(=O)N1CCCCn1ccc2ccccc21. The number of para-hydroxylation sites is 1. The van der Waals surface area contributed by atoms with Gasteiger partial charge in [0.15, 0.2) is 0 Å². The van der Waals surface area contributed by atoms with Gasteiger partial charge in [-0.1, -0.05) is 30.3 Å². The van der Waals surface area contributed by atoms with E-state index >= 15 is 0 Å².